The molecule has 0 bridgehead atoms. The molecule has 3 aromatic heterocycles. The first-order valence-corrected chi connectivity index (χ1v) is 7.38. The van der Waals surface area contributed by atoms with Gasteiger partial charge in [0, 0.05) is 17.1 Å². The van der Waals surface area contributed by atoms with Crippen LogP contribution in [-0.4, -0.2) is 37.3 Å². The van der Waals surface area contributed by atoms with Crippen LogP contribution in [-0.2, 0) is 6.54 Å². The fraction of sp³-hybridized carbons (Fsp3) is 0.182. The van der Waals surface area contributed by atoms with Gasteiger partial charge in [0.25, 0.3) is 0 Å². The van der Waals surface area contributed by atoms with Crippen molar-refractivity contribution in [2.45, 2.75) is 16.9 Å². The first-order chi connectivity index (χ1) is 9.85. The van der Waals surface area contributed by atoms with Crippen LogP contribution in [0.1, 0.15) is 4.88 Å². The minimum Gasteiger partial charge on any atom is -0.481 e. The van der Waals surface area contributed by atoms with Crippen molar-refractivity contribution < 1.29 is 4.74 Å². The summed E-state index contributed by atoms with van der Waals surface area (Å²) in [6, 6.07) is 5.74. The topological polar surface area (TPSA) is 78.6 Å². The normalized spacial score (nSPS) is 10.7. The van der Waals surface area contributed by atoms with E-state index in [0.717, 1.165) is 0 Å². The van der Waals surface area contributed by atoms with E-state index in [1.165, 1.54) is 16.6 Å². The van der Waals surface area contributed by atoms with Gasteiger partial charge in [0.1, 0.15) is 0 Å². The van der Waals surface area contributed by atoms with Crippen LogP contribution in [0.5, 0.6) is 5.88 Å². The van der Waals surface area contributed by atoms with Gasteiger partial charge >= 0.3 is 0 Å². The van der Waals surface area contributed by atoms with Crippen molar-refractivity contribution in [3.8, 4) is 5.88 Å². The molecule has 20 heavy (non-hydrogen) atoms. The second-order valence-electron chi connectivity index (χ2n) is 3.68. The summed E-state index contributed by atoms with van der Waals surface area (Å²) in [6.07, 6.45) is 1.64. The van der Waals surface area contributed by atoms with Gasteiger partial charge in [-0.25, -0.2) is 9.67 Å². The fourth-order valence-electron chi connectivity index (χ4n) is 1.49. The number of hydrogen-bond donors (Lipinski definition) is 0. The fourth-order valence-corrected chi connectivity index (χ4v) is 2.87. The van der Waals surface area contributed by atoms with Crippen LogP contribution in [0.2, 0.25) is 0 Å². The van der Waals surface area contributed by atoms with Crippen molar-refractivity contribution in [2.24, 2.45) is 0 Å². The zero-order valence-electron chi connectivity index (χ0n) is 10.5. The highest BCUT2D eigenvalue weighted by molar-refractivity contribution is 7.99. The van der Waals surface area contributed by atoms with E-state index in [1.54, 1.807) is 35.4 Å². The molecule has 3 heterocycles. The highest BCUT2D eigenvalue weighted by Gasteiger charge is 2.11. The Labute approximate surface area is 123 Å². The smallest absolute Gasteiger partial charge is 0.217 e. The summed E-state index contributed by atoms with van der Waals surface area (Å²) in [5, 5.41) is 14.9. The minimum absolute atomic E-state index is 0.514. The summed E-state index contributed by atoms with van der Waals surface area (Å²) in [4.78, 5) is 9.58. The largest absolute Gasteiger partial charge is 0.481 e. The van der Waals surface area contributed by atoms with Crippen molar-refractivity contribution >= 4 is 23.1 Å². The molecule has 0 saturated carbocycles. The molecule has 0 aliphatic heterocycles. The summed E-state index contributed by atoms with van der Waals surface area (Å²) in [6.45, 7) is 0.636. The van der Waals surface area contributed by atoms with E-state index in [4.69, 9.17) is 4.74 Å². The number of tetrazole rings is 1. The Kier molecular flexibility index (Phi) is 3.88. The molecule has 0 aromatic carbocycles. The molecule has 0 N–H and O–H groups in total. The van der Waals surface area contributed by atoms with Gasteiger partial charge in [-0.3, -0.25) is 0 Å². The van der Waals surface area contributed by atoms with Crippen molar-refractivity contribution in [2.75, 3.05) is 7.11 Å². The van der Waals surface area contributed by atoms with Crippen LogP contribution < -0.4 is 4.74 Å². The Balaban J connectivity index is 1.79. The molecule has 0 fully saturated rings. The Hall–Kier alpha value is -2.00. The van der Waals surface area contributed by atoms with E-state index in [1.807, 2.05) is 17.5 Å². The van der Waals surface area contributed by atoms with E-state index in [-0.39, 0.29) is 0 Å². The first kappa shape index (κ1) is 13.0. The molecular weight excluding hydrogens is 296 g/mol. The molecule has 3 aromatic rings. The lowest BCUT2D eigenvalue weighted by Gasteiger charge is -2.03. The number of methoxy groups -OCH3 is 1. The van der Waals surface area contributed by atoms with Crippen molar-refractivity contribution in [3.63, 3.8) is 0 Å². The summed E-state index contributed by atoms with van der Waals surface area (Å²) >= 11 is 2.97. The molecule has 0 radical (unpaired) electrons. The summed E-state index contributed by atoms with van der Waals surface area (Å²) in [7, 11) is 1.57. The van der Waals surface area contributed by atoms with E-state index >= 15 is 0 Å². The molecule has 0 unspecified atom stereocenters. The SMILES string of the molecule is COc1ccnc(Sc2nnnn2Cc2cccs2)n1. The van der Waals surface area contributed by atoms with Gasteiger partial charge < -0.3 is 4.74 Å². The molecule has 3 rings (SSSR count). The lowest BCUT2D eigenvalue weighted by atomic mass is 10.5. The number of thiophene rings is 1. The van der Waals surface area contributed by atoms with E-state index in [0.29, 0.717) is 22.7 Å². The number of nitrogens with zero attached hydrogens (tertiary/aromatic N) is 6. The predicted molar refractivity (Wildman–Crippen MR) is 73.9 cm³/mol. The van der Waals surface area contributed by atoms with Gasteiger partial charge in [-0.05, 0) is 33.6 Å². The standard InChI is InChI=1S/C11H10N6OS2/c1-18-9-4-5-12-10(13-9)20-11-14-15-16-17(11)7-8-3-2-6-19-8/h2-6H,7H2,1H3. The number of rotatable bonds is 5. The number of hydrogen-bond acceptors (Lipinski definition) is 8. The zero-order chi connectivity index (χ0) is 13.8. The highest BCUT2D eigenvalue weighted by atomic mass is 32.2. The molecule has 0 atom stereocenters. The third kappa shape index (κ3) is 2.94. The second-order valence-corrected chi connectivity index (χ2v) is 5.65. The summed E-state index contributed by atoms with van der Waals surface area (Å²) in [5.41, 5.74) is 0. The van der Waals surface area contributed by atoms with Crippen LogP contribution >= 0.6 is 23.1 Å². The van der Waals surface area contributed by atoms with Crippen molar-refractivity contribution in [3.05, 3.63) is 34.7 Å². The number of aromatic nitrogens is 6. The molecule has 0 aliphatic carbocycles. The Morgan fingerprint density at radius 1 is 1.40 bits per heavy atom. The van der Waals surface area contributed by atoms with E-state index < -0.39 is 0 Å². The lowest BCUT2D eigenvalue weighted by molar-refractivity contribution is 0.392. The maximum absolute atomic E-state index is 5.07. The van der Waals surface area contributed by atoms with E-state index in [9.17, 15) is 0 Å². The molecule has 0 saturated heterocycles. The van der Waals surface area contributed by atoms with Gasteiger partial charge in [0.2, 0.25) is 11.0 Å². The summed E-state index contributed by atoms with van der Waals surface area (Å²) < 4.78 is 6.79. The van der Waals surface area contributed by atoms with Gasteiger partial charge in [0.15, 0.2) is 5.16 Å². The van der Waals surface area contributed by atoms with Crippen LogP contribution in [0.4, 0.5) is 0 Å². The second kappa shape index (κ2) is 5.97. The van der Waals surface area contributed by atoms with Crippen LogP contribution in [0.15, 0.2) is 40.1 Å². The Bertz CT molecular complexity index is 684. The zero-order valence-corrected chi connectivity index (χ0v) is 12.1. The van der Waals surface area contributed by atoms with Crippen LogP contribution in [0.25, 0.3) is 0 Å². The molecule has 0 aliphatic rings. The minimum atomic E-state index is 0.514. The van der Waals surface area contributed by atoms with Gasteiger partial charge in [-0.1, -0.05) is 6.07 Å². The number of ether oxygens (including phenoxy) is 1. The van der Waals surface area contributed by atoms with Crippen LogP contribution in [0, 0.1) is 0 Å². The molecule has 102 valence electrons. The van der Waals surface area contributed by atoms with Gasteiger partial charge in [-0.15, -0.1) is 16.4 Å². The summed E-state index contributed by atoms with van der Waals surface area (Å²) in [5.74, 6) is 0.514. The molecule has 0 amide bonds. The highest BCUT2D eigenvalue weighted by Crippen LogP contribution is 2.23. The van der Waals surface area contributed by atoms with Crippen molar-refractivity contribution in [1.29, 1.82) is 0 Å². The van der Waals surface area contributed by atoms with Crippen LogP contribution in [0.3, 0.4) is 0 Å². The maximum atomic E-state index is 5.07. The Morgan fingerprint density at radius 3 is 3.15 bits per heavy atom. The molecule has 9 heteroatoms. The van der Waals surface area contributed by atoms with Gasteiger partial charge in [-0.2, -0.15) is 4.98 Å². The lowest BCUT2D eigenvalue weighted by Crippen LogP contribution is -2.02. The third-order valence-electron chi connectivity index (χ3n) is 2.38. The van der Waals surface area contributed by atoms with E-state index in [2.05, 4.69) is 25.5 Å². The first-order valence-electron chi connectivity index (χ1n) is 5.68. The maximum Gasteiger partial charge on any atom is 0.217 e. The monoisotopic (exact) mass is 306 g/mol. The third-order valence-corrected chi connectivity index (χ3v) is 4.10. The molecule has 7 nitrogen and oxygen atoms in total. The van der Waals surface area contributed by atoms with Gasteiger partial charge in [0.05, 0.1) is 13.7 Å². The quantitative estimate of drug-likeness (QED) is 0.664. The molecule has 0 spiro atoms. The average Bonchev–Trinajstić information content (AvgIpc) is 3.12. The average molecular weight is 306 g/mol. The predicted octanol–water partition coefficient (Wildman–Crippen LogP) is 1.73. The molecular formula is C11H10N6OS2. The van der Waals surface area contributed by atoms with Crippen molar-refractivity contribution in [1.82, 2.24) is 30.2 Å². The Morgan fingerprint density at radius 2 is 2.35 bits per heavy atom.